The fourth-order valence-electron chi connectivity index (χ4n) is 2.10. The van der Waals surface area contributed by atoms with Crippen molar-refractivity contribution in [3.05, 3.63) is 33.9 Å². The first-order valence-corrected chi connectivity index (χ1v) is 7.24. The van der Waals surface area contributed by atoms with E-state index in [1.54, 1.807) is 0 Å². The monoisotopic (exact) mass is 324 g/mol. The van der Waals surface area contributed by atoms with Crippen molar-refractivity contribution in [2.24, 2.45) is 0 Å². The predicted molar refractivity (Wildman–Crippen MR) is 85.6 cm³/mol. The minimum absolute atomic E-state index is 0.0790. The molecule has 0 saturated heterocycles. The molecule has 3 N–H and O–H groups in total. The van der Waals surface area contributed by atoms with E-state index in [-0.39, 0.29) is 16.6 Å². The molecule has 126 valence electrons. The summed E-state index contributed by atoms with van der Waals surface area (Å²) < 4.78 is 5.51. The van der Waals surface area contributed by atoms with E-state index < -0.39 is 23.6 Å². The van der Waals surface area contributed by atoms with Crippen LogP contribution in [0, 0.1) is 10.1 Å². The van der Waals surface area contributed by atoms with Crippen LogP contribution in [0.15, 0.2) is 18.2 Å². The molecule has 0 fully saturated rings. The van der Waals surface area contributed by atoms with Crippen molar-refractivity contribution in [3.63, 3.8) is 0 Å². The van der Waals surface area contributed by atoms with Crippen LogP contribution in [0.25, 0.3) is 0 Å². The molecular formula is C14H21BN2O6. The number of ether oxygens (including phenoxy) is 1. The van der Waals surface area contributed by atoms with E-state index >= 15 is 0 Å². The summed E-state index contributed by atoms with van der Waals surface area (Å²) in [7, 11) is -1.97. The molecule has 0 unspecified atom stereocenters. The summed E-state index contributed by atoms with van der Waals surface area (Å²) in [6.07, 6.45) is 0.585. The lowest BCUT2D eigenvalue weighted by Gasteiger charge is -2.24. The lowest BCUT2D eigenvalue weighted by atomic mass is 9.78. The molecule has 1 aromatic rings. The SMILES string of the molecule is CCOC(C)(C)CCNC(=O)c1ccc(B(O)O)c([N+](=O)[O-])c1. The lowest BCUT2D eigenvalue weighted by Crippen LogP contribution is -2.34. The molecule has 0 bridgehead atoms. The van der Waals surface area contributed by atoms with Gasteiger partial charge < -0.3 is 20.1 Å². The molecule has 0 heterocycles. The van der Waals surface area contributed by atoms with Gasteiger partial charge in [-0.25, -0.2) is 0 Å². The van der Waals surface area contributed by atoms with Crippen molar-refractivity contribution in [2.45, 2.75) is 32.8 Å². The fraction of sp³-hybridized carbons (Fsp3) is 0.500. The first-order chi connectivity index (χ1) is 10.7. The molecule has 0 saturated carbocycles. The first kappa shape index (κ1) is 19.1. The minimum Gasteiger partial charge on any atom is -0.423 e. The van der Waals surface area contributed by atoms with Gasteiger partial charge in [0.25, 0.3) is 11.6 Å². The molecule has 9 heteroatoms. The van der Waals surface area contributed by atoms with Crippen molar-refractivity contribution < 1.29 is 24.5 Å². The second kappa shape index (κ2) is 8.05. The quantitative estimate of drug-likeness (QED) is 0.357. The van der Waals surface area contributed by atoms with Gasteiger partial charge in [0.15, 0.2) is 0 Å². The van der Waals surface area contributed by atoms with Crippen molar-refractivity contribution in [3.8, 4) is 0 Å². The number of hydrogen-bond acceptors (Lipinski definition) is 6. The summed E-state index contributed by atoms with van der Waals surface area (Å²) in [5.74, 6) is -0.473. The highest BCUT2D eigenvalue weighted by Gasteiger charge is 2.25. The summed E-state index contributed by atoms with van der Waals surface area (Å²) in [6.45, 7) is 6.62. The maximum Gasteiger partial charge on any atom is 0.495 e. The van der Waals surface area contributed by atoms with E-state index in [0.29, 0.717) is 19.6 Å². The molecule has 0 aromatic heterocycles. The van der Waals surface area contributed by atoms with Crippen LogP contribution in [0.4, 0.5) is 5.69 Å². The maximum atomic E-state index is 12.0. The Hall–Kier alpha value is -1.97. The van der Waals surface area contributed by atoms with Crippen LogP contribution < -0.4 is 10.8 Å². The molecule has 1 amide bonds. The summed E-state index contributed by atoms with van der Waals surface area (Å²) >= 11 is 0. The summed E-state index contributed by atoms with van der Waals surface area (Å²) in [6, 6.07) is 3.49. The smallest absolute Gasteiger partial charge is 0.423 e. The second-order valence-electron chi connectivity index (χ2n) is 5.60. The Morgan fingerprint density at radius 1 is 1.43 bits per heavy atom. The number of nitro benzene ring substituents is 1. The van der Waals surface area contributed by atoms with Gasteiger partial charge in [-0.05, 0) is 33.3 Å². The number of nitro groups is 1. The van der Waals surface area contributed by atoms with Crippen LogP contribution in [0.3, 0.4) is 0 Å². The molecule has 0 aliphatic rings. The number of hydrogen-bond donors (Lipinski definition) is 3. The van der Waals surface area contributed by atoms with Gasteiger partial charge in [0.2, 0.25) is 0 Å². The number of nitrogens with zero attached hydrogens (tertiary/aromatic N) is 1. The molecule has 0 spiro atoms. The molecule has 0 atom stereocenters. The van der Waals surface area contributed by atoms with Gasteiger partial charge in [-0.2, -0.15) is 0 Å². The predicted octanol–water partition coefficient (Wildman–Crippen LogP) is 0.210. The van der Waals surface area contributed by atoms with Gasteiger partial charge in [0, 0.05) is 24.8 Å². The third kappa shape index (κ3) is 5.63. The largest absolute Gasteiger partial charge is 0.495 e. The molecule has 1 aromatic carbocycles. The molecule has 23 heavy (non-hydrogen) atoms. The van der Waals surface area contributed by atoms with Crippen LogP contribution in [0.1, 0.15) is 37.6 Å². The molecule has 8 nitrogen and oxygen atoms in total. The van der Waals surface area contributed by atoms with E-state index in [9.17, 15) is 14.9 Å². The number of rotatable bonds is 8. The van der Waals surface area contributed by atoms with Crippen LogP contribution in [0.5, 0.6) is 0 Å². The number of amides is 1. The van der Waals surface area contributed by atoms with Gasteiger partial charge in [-0.15, -0.1) is 0 Å². The second-order valence-corrected chi connectivity index (χ2v) is 5.60. The Kier molecular flexibility index (Phi) is 6.68. The molecule has 0 radical (unpaired) electrons. The maximum absolute atomic E-state index is 12.0. The van der Waals surface area contributed by atoms with Crippen molar-refractivity contribution >= 4 is 24.2 Å². The Balaban J connectivity index is 2.77. The highest BCUT2D eigenvalue weighted by atomic mass is 16.6. The highest BCUT2D eigenvalue weighted by Crippen LogP contribution is 2.14. The summed E-state index contributed by atoms with van der Waals surface area (Å²) in [4.78, 5) is 22.2. The third-order valence-corrected chi connectivity index (χ3v) is 3.32. The first-order valence-electron chi connectivity index (χ1n) is 7.24. The number of carbonyl (C=O) groups is 1. The minimum atomic E-state index is -1.97. The van der Waals surface area contributed by atoms with E-state index in [4.69, 9.17) is 14.8 Å². The van der Waals surface area contributed by atoms with E-state index in [1.165, 1.54) is 6.07 Å². The van der Waals surface area contributed by atoms with Crippen LogP contribution in [0.2, 0.25) is 0 Å². The topological polar surface area (TPSA) is 122 Å². The van der Waals surface area contributed by atoms with Gasteiger partial charge in [0.1, 0.15) is 0 Å². The van der Waals surface area contributed by atoms with Crippen LogP contribution in [-0.2, 0) is 4.74 Å². The molecule has 1 rings (SSSR count). The van der Waals surface area contributed by atoms with Crippen molar-refractivity contribution in [1.82, 2.24) is 5.32 Å². The normalized spacial score (nSPS) is 11.2. The Labute approximate surface area is 134 Å². The third-order valence-electron chi connectivity index (χ3n) is 3.32. The zero-order valence-electron chi connectivity index (χ0n) is 13.4. The van der Waals surface area contributed by atoms with Crippen molar-refractivity contribution in [1.29, 1.82) is 0 Å². The number of carbonyl (C=O) groups excluding carboxylic acids is 1. The lowest BCUT2D eigenvalue weighted by molar-refractivity contribution is -0.383. The van der Waals surface area contributed by atoms with Gasteiger partial charge in [0.05, 0.1) is 16.0 Å². The average Bonchev–Trinajstić information content (AvgIpc) is 2.45. The standard InChI is InChI=1S/C14H21BN2O6/c1-4-23-14(2,3)7-8-16-13(18)10-5-6-11(15(19)20)12(9-10)17(21)22/h5-6,9,19-20H,4,7-8H2,1-3H3,(H,16,18). The molecule has 0 aliphatic heterocycles. The van der Waals surface area contributed by atoms with Crippen LogP contribution >= 0.6 is 0 Å². The van der Waals surface area contributed by atoms with Gasteiger partial charge in [-0.3, -0.25) is 14.9 Å². The Morgan fingerprint density at radius 3 is 2.61 bits per heavy atom. The summed E-state index contributed by atoms with van der Waals surface area (Å²) in [5, 5.41) is 31.8. The van der Waals surface area contributed by atoms with Crippen molar-refractivity contribution in [2.75, 3.05) is 13.2 Å². The Bertz CT molecular complexity index is 576. The molecular weight excluding hydrogens is 303 g/mol. The Morgan fingerprint density at radius 2 is 2.09 bits per heavy atom. The zero-order valence-corrected chi connectivity index (χ0v) is 13.4. The van der Waals surface area contributed by atoms with Crippen LogP contribution in [-0.4, -0.2) is 46.7 Å². The highest BCUT2D eigenvalue weighted by molar-refractivity contribution is 6.60. The van der Waals surface area contributed by atoms with Gasteiger partial charge in [-0.1, -0.05) is 6.07 Å². The zero-order chi connectivity index (χ0) is 17.6. The van der Waals surface area contributed by atoms with E-state index in [0.717, 1.165) is 12.1 Å². The van der Waals surface area contributed by atoms with E-state index in [2.05, 4.69) is 5.32 Å². The summed E-state index contributed by atoms with van der Waals surface area (Å²) in [5.41, 5.74) is -1.07. The average molecular weight is 324 g/mol. The molecule has 0 aliphatic carbocycles. The van der Waals surface area contributed by atoms with Gasteiger partial charge >= 0.3 is 7.12 Å². The van der Waals surface area contributed by atoms with E-state index in [1.807, 2.05) is 20.8 Å². The number of nitrogens with one attached hydrogen (secondary N) is 1. The number of benzene rings is 1. The fourth-order valence-corrected chi connectivity index (χ4v) is 2.10.